The summed E-state index contributed by atoms with van der Waals surface area (Å²) in [7, 11) is 0. The summed E-state index contributed by atoms with van der Waals surface area (Å²) < 4.78 is 18.5. The summed E-state index contributed by atoms with van der Waals surface area (Å²) in [5.74, 6) is -0.566. The quantitative estimate of drug-likeness (QED) is 0.913. The van der Waals surface area contributed by atoms with Crippen molar-refractivity contribution in [2.75, 3.05) is 0 Å². The monoisotopic (exact) mass is 280 g/mol. The molecular formula is C14H10ClFO3. The van der Waals surface area contributed by atoms with Crippen LogP contribution in [0.1, 0.15) is 15.9 Å². The van der Waals surface area contributed by atoms with E-state index in [1.54, 1.807) is 6.92 Å². The third-order valence-corrected chi connectivity index (χ3v) is 2.85. The van der Waals surface area contributed by atoms with Gasteiger partial charge in [-0.05, 0) is 42.8 Å². The maximum absolute atomic E-state index is 13.0. The van der Waals surface area contributed by atoms with Gasteiger partial charge in [-0.2, -0.15) is 0 Å². The summed E-state index contributed by atoms with van der Waals surface area (Å²) in [6.07, 6.45) is 0. The predicted molar refractivity (Wildman–Crippen MR) is 69.6 cm³/mol. The first kappa shape index (κ1) is 13.4. The highest BCUT2D eigenvalue weighted by Gasteiger charge is 2.10. The third-order valence-electron chi connectivity index (χ3n) is 2.54. The Labute approximate surface area is 114 Å². The molecule has 1 N–H and O–H groups in total. The Morgan fingerprint density at radius 2 is 2.00 bits per heavy atom. The Morgan fingerprint density at radius 1 is 1.26 bits per heavy atom. The van der Waals surface area contributed by atoms with Crippen molar-refractivity contribution < 1.29 is 19.0 Å². The molecule has 5 heteroatoms. The van der Waals surface area contributed by atoms with Crippen molar-refractivity contribution in [3.8, 4) is 11.5 Å². The Morgan fingerprint density at radius 3 is 2.58 bits per heavy atom. The van der Waals surface area contributed by atoms with E-state index in [1.807, 2.05) is 0 Å². The summed E-state index contributed by atoms with van der Waals surface area (Å²) in [6, 6.07) is 8.41. The van der Waals surface area contributed by atoms with Crippen LogP contribution in [0.25, 0.3) is 0 Å². The van der Waals surface area contributed by atoms with E-state index in [0.29, 0.717) is 17.1 Å². The Kier molecular flexibility index (Phi) is 3.71. The van der Waals surface area contributed by atoms with Crippen LogP contribution in [0.5, 0.6) is 11.5 Å². The molecule has 0 saturated heterocycles. The lowest BCUT2D eigenvalue weighted by atomic mass is 10.2. The minimum Gasteiger partial charge on any atom is -0.478 e. The average molecular weight is 281 g/mol. The van der Waals surface area contributed by atoms with E-state index >= 15 is 0 Å². The van der Waals surface area contributed by atoms with Gasteiger partial charge in [0.05, 0.1) is 10.6 Å². The van der Waals surface area contributed by atoms with E-state index in [-0.39, 0.29) is 16.4 Å². The predicted octanol–water partition coefficient (Wildman–Crippen LogP) is 4.28. The summed E-state index contributed by atoms with van der Waals surface area (Å²) in [4.78, 5) is 10.8. The Balaban J connectivity index is 2.29. The second-order valence-corrected chi connectivity index (χ2v) is 4.37. The van der Waals surface area contributed by atoms with Crippen LogP contribution in [0.4, 0.5) is 4.39 Å². The van der Waals surface area contributed by atoms with Gasteiger partial charge in [0.25, 0.3) is 0 Å². The molecule has 98 valence electrons. The van der Waals surface area contributed by atoms with Crippen LogP contribution in [-0.2, 0) is 0 Å². The molecule has 0 aliphatic heterocycles. The van der Waals surface area contributed by atoms with Crippen molar-refractivity contribution in [3.63, 3.8) is 0 Å². The van der Waals surface area contributed by atoms with Crippen molar-refractivity contribution in [1.82, 2.24) is 0 Å². The molecule has 0 saturated carbocycles. The lowest BCUT2D eigenvalue weighted by Crippen LogP contribution is -1.97. The third kappa shape index (κ3) is 3.03. The summed E-state index contributed by atoms with van der Waals surface area (Å²) in [5, 5.41) is 8.94. The molecule has 0 unspecified atom stereocenters. The number of rotatable bonds is 3. The van der Waals surface area contributed by atoms with Gasteiger partial charge in [-0.1, -0.05) is 11.6 Å². The minimum atomic E-state index is -1.10. The van der Waals surface area contributed by atoms with Crippen LogP contribution in [0.15, 0.2) is 36.4 Å². The van der Waals surface area contributed by atoms with Crippen LogP contribution in [-0.4, -0.2) is 11.1 Å². The first-order valence-electron chi connectivity index (χ1n) is 5.44. The van der Waals surface area contributed by atoms with E-state index in [9.17, 15) is 9.18 Å². The van der Waals surface area contributed by atoms with Gasteiger partial charge in [0.15, 0.2) is 0 Å². The Hall–Kier alpha value is -2.07. The maximum atomic E-state index is 13.0. The lowest BCUT2D eigenvalue weighted by molar-refractivity contribution is 0.0697. The van der Waals surface area contributed by atoms with E-state index in [2.05, 4.69) is 0 Å². The summed E-state index contributed by atoms with van der Waals surface area (Å²) in [6.45, 7) is 1.71. The van der Waals surface area contributed by atoms with Crippen molar-refractivity contribution in [3.05, 3.63) is 58.4 Å². The van der Waals surface area contributed by atoms with E-state index in [1.165, 1.54) is 36.4 Å². The largest absolute Gasteiger partial charge is 0.478 e. The fourth-order valence-electron chi connectivity index (χ4n) is 1.59. The van der Waals surface area contributed by atoms with E-state index < -0.39 is 5.97 Å². The van der Waals surface area contributed by atoms with Gasteiger partial charge in [-0.25, -0.2) is 9.18 Å². The SMILES string of the molecule is Cc1cc(F)ccc1Oc1ccc(C(=O)O)c(Cl)c1. The van der Waals surface area contributed by atoms with E-state index in [4.69, 9.17) is 21.4 Å². The molecule has 0 fully saturated rings. The number of benzene rings is 2. The molecule has 0 radical (unpaired) electrons. The molecule has 2 rings (SSSR count). The van der Waals surface area contributed by atoms with Crippen molar-refractivity contribution in [2.45, 2.75) is 6.92 Å². The van der Waals surface area contributed by atoms with Gasteiger partial charge in [0, 0.05) is 6.07 Å². The summed E-state index contributed by atoms with van der Waals surface area (Å²) in [5.41, 5.74) is 0.642. The molecule has 0 aliphatic carbocycles. The van der Waals surface area contributed by atoms with Gasteiger partial charge >= 0.3 is 5.97 Å². The highest BCUT2D eigenvalue weighted by Crippen LogP contribution is 2.29. The molecular weight excluding hydrogens is 271 g/mol. The number of hydrogen-bond acceptors (Lipinski definition) is 2. The number of hydrogen-bond donors (Lipinski definition) is 1. The molecule has 2 aromatic carbocycles. The van der Waals surface area contributed by atoms with Gasteiger partial charge < -0.3 is 9.84 Å². The normalized spacial score (nSPS) is 10.3. The zero-order valence-electron chi connectivity index (χ0n) is 9.98. The van der Waals surface area contributed by atoms with Gasteiger partial charge in [0.2, 0.25) is 0 Å². The lowest BCUT2D eigenvalue weighted by Gasteiger charge is -2.09. The van der Waals surface area contributed by atoms with E-state index in [0.717, 1.165) is 0 Å². The molecule has 0 aliphatic rings. The smallest absolute Gasteiger partial charge is 0.337 e. The number of carbonyl (C=O) groups is 1. The number of carboxylic acids is 1. The molecule has 0 bridgehead atoms. The van der Waals surface area contributed by atoms with Gasteiger partial charge in [-0.15, -0.1) is 0 Å². The molecule has 19 heavy (non-hydrogen) atoms. The first-order chi connectivity index (χ1) is 8.97. The molecule has 0 aromatic heterocycles. The van der Waals surface area contributed by atoms with Crippen LogP contribution in [0.3, 0.4) is 0 Å². The van der Waals surface area contributed by atoms with Gasteiger partial charge in [0.1, 0.15) is 17.3 Å². The fourth-order valence-corrected chi connectivity index (χ4v) is 1.84. The average Bonchev–Trinajstić information content (AvgIpc) is 2.32. The maximum Gasteiger partial charge on any atom is 0.337 e. The zero-order valence-corrected chi connectivity index (χ0v) is 10.7. The first-order valence-corrected chi connectivity index (χ1v) is 5.82. The van der Waals surface area contributed by atoms with Crippen LogP contribution >= 0.6 is 11.6 Å². The van der Waals surface area contributed by atoms with Crippen LogP contribution in [0.2, 0.25) is 5.02 Å². The molecule has 0 atom stereocenters. The molecule has 0 amide bonds. The molecule has 2 aromatic rings. The van der Waals surface area contributed by atoms with Crippen LogP contribution in [0, 0.1) is 12.7 Å². The van der Waals surface area contributed by atoms with Crippen molar-refractivity contribution in [1.29, 1.82) is 0 Å². The topological polar surface area (TPSA) is 46.5 Å². The zero-order chi connectivity index (χ0) is 14.0. The fraction of sp³-hybridized carbons (Fsp3) is 0.0714. The van der Waals surface area contributed by atoms with Crippen molar-refractivity contribution in [2.24, 2.45) is 0 Å². The molecule has 3 nitrogen and oxygen atoms in total. The number of halogens is 2. The second-order valence-electron chi connectivity index (χ2n) is 3.96. The molecule has 0 spiro atoms. The highest BCUT2D eigenvalue weighted by molar-refractivity contribution is 6.33. The number of carboxylic acid groups (broad SMARTS) is 1. The van der Waals surface area contributed by atoms with Crippen LogP contribution < -0.4 is 4.74 Å². The number of aryl methyl sites for hydroxylation is 1. The Bertz CT molecular complexity index is 641. The molecule has 0 heterocycles. The number of ether oxygens (including phenoxy) is 1. The standard InChI is InChI=1S/C14H10ClFO3/c1-8-6-9(16)2-5-13(8)19-10-3-4-11(14(17)18)12(15)7-10/h2-7H,1H3,(H,17,18). The minimum absolute atomic E-state index is 0.00449. The second kappa shape index (κ2) is 5.28. The number of aromatic carboxylic acids is 1. The van der Waals surface area contributed by atoms with Crippen molar-refractivity contribution >= 4 is 17.6 Å². The summed E-state index contributed by atoms with van der Waals surface area (Å²) >= 11 is 5.83. The van der Waals surface area contributed by atoms with Gasteiger partial charge in [-0.3, -0.25) is 0 Å². The highest BCUT2D eigenvalue weighted by atomic mass is 35.5.